The monoisotopic (exact) mass is 276 g/mol. The van der Waals surface area contributed by atoms with Crippen molar-refractivity contribution in [2.75, 3.05) is 31.4 Å². The Kier molecular flexibility index (Phi) is 6.89. The number of carboxylic acids is 1. The van der Waals surface area contributed by atoms with Gasteiger partial charge in [0.2, 0.25) is 0 Å². The Hall–Kier alpha value is -0.950. The predicted molar refractivity (Wildman–Crippen MR) is 69.7 cm³/mol. The lowest BCUT2D eigenvalue weighted by molar-refractivity contribution is -0.140. The normalized spacial score (nSPS) is 18.9. The van der Waals surface area contributed by atoms with E-state index in [0.29, 0.717) is 31.4 Å². The van der Waals surface area contributed by atoms with Crippen molar-refractivity contribution in [1.29, 1.82) is 0 Å². The molecule has 1 rings (SSSR count). The maximum Gasteiger partial charge on any atom is 0.327 e. The average Bonchev–Trinajstić information content (AvgIpc) is 2.82. The van der Waals surface area contributed by atoms with Crippen LogP contribution in [0.1, 0.15) is 19.8 Å². The molecule has 0 spiro atoms. The van der Waals surface area contributed by atoms with Crippen LogP contribution in [0.4, 0.5) is 4.79 Å². The minimum absolute atomic E-state index is 0.327. The number of nitrogens with zero attached hydrogens (tertiary/aromatic N) is 1. The Morgan fingerprint density at radius 3 is 2.94 bits per heavy atom. The van der Waals surface area contributed by atoms with Crippen molar-refractivity contribution in [2.24, 2.45) is 0 Å². The second-order valence-electron chi connectivity index (χ2n) is 4.02. The second kappa shape index (κ2) is 8.20. The third-order valence-corrected chi connectivity index (χ3v) is 3.61. The van der Waals surface area contributed by atoms with Crippen LogP contribution in [0.2, 0.25) is 0 Å². The first kappa shape index (κ1) is 15.1. The Morgan fingerprint density at radius 2 is 2.28 bits per heavy atom. The number of rotatable bonds is 7. The number of hydrogen-bond donors (Lipinski definition) is 2. The number of hydrogen-bond acceptors (Lipinski definition) is 4. The average molecular weight is 276 g/mol. The van der Waals surface area contributed by atoms with Crippen LogP contribution in [-0.2, 0) is 9.53 Å². The van der Waals surface area contributed by atoms with Crippen molar-refractivity contribution in [1.82, 2.24) is 10.2 Å². The fourth-order valence-corrected chi connectivity index (χ4v) is 2.67. The van der Waals surface area contributed by atoms with Gasteiger partial charge in [0.05, 0.1) is 12.5 Å². The topological polar surface area (TPSA) is 78.9 Å². The summed E-state index contributed by atoms with van der Waals surface area (Å²) in [6, 6.07) is -1.04. The summed E-state index contributed by atoms with van der Waals surface area (Å²) in [6.07, 6.45) is 2.09. The van der Waals surface area contributed by atoms with Gasteiger partial charge in [-0.3, -0.25) is 0 Å². The van der Waals surface area contributed by atoms with Crippen LogP contribution in [0.25, 0.3) is 0 Å². The summed E-state index contributed by atoms with van der Waals surface area (Å²) < 4.78 is 5.31. The number of carboxylic acid groups (broad SMARTS) is 1. The Balaban J connectivity index is 2.18. The molecule has 0 aromatic carbocycles. The Morgan fingerprint density at radius 1 is 1.50 bits per heavy atom. The smallest absolute Gasteiger partial charge is 0.327 e. The largest absolute Gasteiger partial charge is 0.480 e. The van der Waals surface area contributed by atoms with Crippen molar-refractivity contribution >= 4 is 23.8 Å². The number of carbonyl (C=O) groups is 2. The van der Waals surface area contributed by atoms with Gasteiger partial charge >= 0.3 is 12.0 Å². The van der Waals surface area contributed by atoms with E-state index in [1.165, 1.54) is 16.7 Å². The SMILES string of the molecule is CCCCOCCNC(=O)N1CSC[C@H]1C(=O)O. The van der Waals surface area contributed by atoms with Crippen LogP contribution in [0.5, 0.6) is 0 Å². The molecule has 1 fully saturated rings. The van der Waals surface area contributed by atoms with Crippen LogP contribution in [0.3, 0.4) is 0 Å². The van der Waals surface area contributed by atoms with Gasteiger partial charge in [-0.15, -0.1) is 11.8 Å². The molecule has 0 saturated carbocycles. The Labute approximate surface area is 111 Å². The number of urea groups is 1. The second-order valence-corrected chi connectivity index (χ2v) is 5.02. The van der Waals surface area contributed by atoms with E-state index in [9.17, 15) is 9.59 Å². The lowest BCUT2D eigenvalue weighted by Gasteiger charge is -2.20. The highest BCUT2D eigenvalue weighted by molar-refractivity contribution is 7.99. The predicted octanol–water partition coefficient (Wildman–Crippen LogP) is 0.972. The maximum atomic E-state index is 11.7. The van der Waals surface area contributed by atoms with Gasteiger partial charge in [0, 0.05) is 18.9 Å². The first-order chi connectivity index (χ1) is 8.66. The van der Waals surface area contributed by atoms with Crippen LogP contribution < -0.4 is 5.32 Å². The summed E-state index contributed by atoms with van der Waals surface area (Å²) in [7, 11) is 0. The minimum Gasteiger partial charge on any atom is -0.480 e. The lowest BCUT2D eigenvalue weighted by atomic mass is 10.3. The molecule has 0 aromatic rings. The summed E-state index contributed by atoms with van der Waals surface area (Å²) >= 11 is 1.45. The molecule has 0 unspecified atom stereocenters. The van der Waals surface area contributed by atoms with Gasteiger partial charge in [0.15, 0.2) is 0 Å². The molecule has 0 bridgehead atoms. The van der Waals surface area contributed by atoms with Crippen molar-refractivity contribution in [3.05, 3.63) is 0 Å². The molecular weight excluding hydrogens is 256 g/mol. The molecule has 1 aliphatic rings. The summed E-state index contributed by atoms with van der Waals surface area (Å²) in [6.45, 7) is 3.66. The zero-order valence-corrected chi connectivity index (χ0v) is 11.4. The van der Waals surface area contributed by atoms with Gasteiger partial charge in [-0.25, -0.2) is 9.59 Å². The van der Waals surface area contributed by atoms with E-state index in [2.05, 4.69) is 12.2 Å². The molecule has 104 valence electrons. The van der Waals surface area contributed by atoms with E-state index in [4.69, 9.17) is 9.84 Å². The molecule has 18 heavy (non-hydrogen) atoms. The summed E-state index contributed by atoms with van der Waals surface area (Å²) in [5.74, 6) is -0.0655. The highest BCUT2D eigenvalue weighted by atomic mass is 32.2. The number of amides is 2. The van der Waals surface area contributed by atoms with Crippen LogP contribution >= 0.6 is 11.8 Å². The molecule has 1 aliphatic heterocycles. The lowest BCUT2D eigenvalue weighted by Crippen LogP contribution is -2.47. The number of nitrogens with one attached hydrogen (secondary N) is 1. The molecule has 2 amide bonds. The molecule has 1 saturated heterocycles. The van der Waals surface area contributed by atoms with E-state index >= 15 is 0 Å². The fraction of sp³-hybridized carbons (Fsp3) is 0.818. The molecule has 0 aliphatic carbocycles. The first-order valence-electron chi connectivity index (χ1n) is 6.09. The van der Waals surface area contributed by atoms with Crippen LogP contribution in [0.15, 0.2) is 0 Å². The third-order valence-electron chi connectivity index (χ3n) is 2.59. The maximum absolute atomic E-state index is 11.7. The number of carbonyl (C=O) groups excluding carboxylic acids is 1. The molecule has 0 aromatic heterocycles. The van der Waals surface area contributed by atoms with Gasteiger partial charge in [0.1, 0.15) is 6.04 Å². The summed E-state index contributed by atoms with van der Waals surface area (Å²) in [5, 5.41) is 11.6. The van der Waals surface area contributed by atoms with E-state index in [1.807, 2.05) is 0 Å². The number of ether oxygens (including phenoxy) is 1. The van der Waals surface area contributed by atoms with E-state index in [0.717, 1.165) is 12.8 Å². The summed E-state index contributed by atoms with van der Waals surface area (Å²) in [4.78, 5) is 24.0. The van der Waals surface area contributed by atoms with E-state index < -0.39 is 12.0 Å². The van der Waals surface area contributed by atoms with Crippen molar-refractivity contribution in [2.45, 2.75) is 25.8 Å². The quantitative estimate of drug-likeness (QED) is 0.677. The number of thioether (sulfide) groups is 1. The van der Waals surface area contributed by atoms with Gasteiger partial charge in [-0.2, -0.15) is 0 Å². The van der Waals surface area contributed by atoms with Crippen LogP contribution in [-0.4, -0.2) is 59.4 Å². The van der Waals surface area contributed by atoms with Crippen molar-refractivity contribution < 1.29 is 19.4 Å². The minimum atomic E-state index is -0.950. The number of unbranched alkanes of at least 4 members (excludes halogenated alkanes) is 1. The highest BCUT2D eigenvalue weighted by Crippen LogP contribution is 2.20. The van der Waals surface area contributed by atoms with Crippen LogP contribution in [0, 0.1) is 0 Å². The number of aliphatic carboxylic acids is 1. The van der Waals surface area contributed by atoms with E-state index in [1.54, 1.807) is 0 Å². The standard InChI is InChI=1S/C11H20N2O4S/c1-2-3-5-17-6-4-12-11(16)13-8-18-7-9(13)10(14)15/h9H,2-8H2,1H3,(H,12,16)(H,14,15)/t9-/m0/s1. The molecule has 7 heteroatoms. The highest BCUT2D eigenvalue weighted by Gasteiger charge is 2.34. The molecular formula is C11H20N2O4S. The van der Waals surface area contributed by atoms with E-state index in [-0.39, 0.29) is 6.03 Å². The zero-order chi connectivity index (χ0) is 13.4. The Bertz CT molecular complexity index is 288. The summed E-state index contributed by atoms with van der Waals surface area (Å²) in [5.41, 5.74) is 0. The van der Waals surface area contributed by atoms with Crippen molar-refractivity contribution in [3.63, 3.8) is 0 Å². The van der Waals surface area contributed by atoms with Gasteiger partial charge in [-0.1, -0.05) is 13.3 Å². The molecule has 6 nitrogen and oxygen atoms in total. The third kappa shape index (κ3) is 4.73. The van der Waals surface area contributed by atoms with Gasteiger partial charge in [-0.05, 0) is 6.42 Å². The first-order valence-corrected chi connectivity index (χ1v) is 7.25. The molecule has 1 heterocycles. The zero-order valence-electron chi connectivity index (χ0n) is 10.6. The van der Waals surface area contributed by atoms with Crippen molar-refractivity contribution in [3.8, 4) is 0 Å². The van der Waals surface area contributed by atoms with Gasteiger partial charge in [0.25, 0.3) is 0 Å². The molecule has 1 atom stereocenters. The molecule has 2 N–H and O–H groups in total. The molecule has 0 radical (unpaired) electrons. The fourth-order valence-electron chi connectivity index (χ4n) is 1.53. The van der Waals surface area contributed by atoms with Gasteiger partial charge < -0.3 is 20.1 Å².